The molecule has 0 fully saturated rings. The van der Waals surface area contributed by atoms with Crippen molar-refractivity contribution in [2.45, 2.75) is 6.92 Å². The highest BCUT2D eigenvalue weighted by Crippen LogP contribution is 2.21. The number of amides is 3. The van der Waals surface area contributed by atoms with E-state index >= 15 is 0 Å². The van der Waals surface area contributed by atoms with E-state index < -0.39 is 6.03 Å². The average molecular weight is 402 g/mol. The number of hydrogen-bond donors (Lipinski definition) is 3. The number of aryl methyl sites for hydroxylation is 1. The number of hydrogen-bond acceptors (Lipinski definition) is 4. The van der Waals surface area contributed by atoms with Gasteiger partial charge in [0.05, 0.1) is 7.11 Å². The first-order valence-corrected chi connectivity index (χ1v) is 9.25. The van der Waals surface area contributed by atoms with Gasteiger partial charge in [-0.25, -0.2) is 4.79 Å². The summed E-state index contributed by atoms with van der Waals surface area (Å²) < 4.78 is 5.10. The van der Waals surface area contributed by atoms with Gasteiger partial charge in [0.2, 0.25) is 5.91 Å². The van der Waals surface area contributed by atoms with E-state index in [1.807, 2.05) is 19.1 Å². The van der Waals surface area contributed by atoms with E-state index in [9.17, 15) is 9.59 Å². The summed E-state index contributed by atoms with van der Waals surface area (Å²) in [5.74, 6) is 0.430. The van der Waals surface area contributed by atoms with Gasteiger partial charge in [-0.2, -0.15) is 0 Å². The first-order chi connectivity index (χ1) is 14.5. The third kappa shape index (κ3) is 5.93. The molecule has 0 radical (unpaired) electrons. The first kappa shape index (κ1) is 20.6. The normalized spacial score (nSPS) is 10.5. The van der Waals surface area contributed by atoms with Crippen LogP contribution in [0.25, 0.3) is 6.08 Å². The van der Waals surface area contributed by atoms with Crippen LogP contribution in [0.5, 0.6) is 5.75 Å². The summed E-state index contributed by atoms with van der Waals surface area (Å²) in [5.41, 5.74) is 3.50. The Kier molecular flexibility index (Phi) is 6.78. The SMILES string of the molecule is COc1ccc(NC(=O)Nc2ccc(C)c(NC(=O)/C=C/c3cccnc3)c2)cc1. The highest BCUT2D eigenvalue weighted by atomic mass is 16.5. The molecule has 0 aliphatic heterocycles. The molecule has 2 aromatic carbocycles. The third-order valence-electron chi connectivity index (χ3n) is 4.21. The molecule has 1 aromatic heterocycles. The van der Waals surface area contributed by atoms with Gasteiger partial charge in [-0.1, -0.05) is 12.1 Å². The molecule has 0 unspecified atom stereocenters. The molecule has 1 heterocycles. The topological polar surface area (TPSA) is 92.4 Å². The van der Waals surface area contributed by atoms with Crippen LogP contribution in [0, 0.1) is 6.92 Å². The van der Waals surface area contributed by atoms with Crippen LogP contribution in [0.1, 0.15) is 11.1 Å². The van der Waals surface area contributed by atoms with Crippen molar-refractivity contribution >= 4 is 35.1 Å². The summed E-state index contributed by atoms with van der Waals surface area (Å²) in [6.07, 6.45) is 6.46. The van der Waals surface area contributed by atoms with Crippen LogP contribution in [-0.4, -0.2) is 24.0 Å². The predicted molar refractivity (Wildman–Crippen MR) is 119 cm³/mol. The number of urea groups is 1. The Bertz CT molecular complexity index is 1050. The van der Waals surface area contributed by atoms with E-state index in [0.29, 0.717) is 22.8 Å². The van der Waals surface area contributed by atoms with Gasteiger partial charge in [-0.15, -0.1) is 0 Å². The Balaban J connectivity index is 1.61. The van der Waals surface area contributed by atoms with E-state index in [2.05, 4.69) is 20.9 Å². The summed E-state index contributed by atoms with van der Waals surface area (Å²) in [7, 11) is 1.58. The van der Waals surface area contributed by atoms with E-state index in [4.69, 9.17) is 4.74 Å². The average Bonchev–Trinajstić information content (AvgIpc) is 2.76. The smallest absolute Gasteiger partial charge is 0.323 e. The quantitative estimate of drug-likeness (QED) is 0.521. The number of carbonyl (C=O) groups is 2. The number of ether oxygens (including phenoxy) is 1. The van der Waals surface area contributed by atoms with Gasteiger partial charge >= 0.3 is 6.03 Å². The maximum absolute atomic E-state index is 12.3. The fraction of sp³-hybridized carbons (Fsp3) is 0.0870. The fourth-order valence-electron chi connectivity index (χ4n) is 2.62. The Labute approximate surface area is 174 Å². The zero-order chi connectivity index (χ0) is 21.3. The molecule has 7 nitrogen and oxygen atoms in total. The summed E-state index contributed by atoms with van der Waals surface area (Å²) in [6, 6.07) is 15.6. The van der Waals surface area contributed by atoms with Crippen molar-refractivity contribution in [3.8, 4) is 5.75 Å². The van der Waals surface area contributed by atoms with Crippen molar-refractivity contribution < 1.29 is 14.3 Å². The molecule has 0 atom stereocenters. The highest BCUT2D eigenvalue weighted by molar-refractivity contribution is 6.03. The molecular weight excluding hydrogens is 380 g/mol. The van der Waals surface area contributed by atoms with Crippen molar-refractivity contribution in [1.82, 2.24) is 4.98 Å². The van der Waals surface area contributed by atoms with E-state index in [1.54, 1.807) is 68.0 Å². The summed E-state index contributed by atoms with van der Waals surface area (Å²) in [6.45, 7) is 1.88. The van der Waals surface area contributed by atoms with Gasteiger partial charge in [0.1, 0.15) is 5.75 Å². The molecule has 3 aromatic rings. The molecule has 3 amide bonds. The van der Waals surface area contributed by atoms with Crippen LogP contribution >= 0.6 is 0 Å². The molecule has 0 aliphatic rings. The summed E-state index contributed by atoms with van der Waals surface area (Å²) >= 11 is 0. The number of rotatable bonds is 6. The zero-order valence-corrected chi connectivity index (χ0v) is 16.7. The van der Waals surface area contributed by atoms with Gasteiger partial charge < -0.3 is 20.7 Å². The van der Waals surface area contributed by atoms with Gasteiger partial charge in [0, 0.05) is 35.5 Å². The second-order valence-electron chi connectivity index (χ2n) is 6.45. The fourth-order valence-corrected chi connectivity index (χ4v) is 2.62. The molecule has 30 heavy (non-hydrogen) atoms. The van der Waals surface area contributed by atoms with Crippen LogP contribution in [0.4, 0.5) is 21.9 Å². The molecule has 0 bridgehead atoms. The lowest BCUT2D eigenvalue weighted by molar-refractivity contribution is -0.111. The van der Waals surface area contributed by atoms with Crippen molar-refractivity contribution in [3.05, 3.63) is 84.2 Å². The first-order valence-electron chi connectivity index (χ1n) is 9.25. The van der Waals surface area contributed by atoms with Gasteiger partial charge in [0.15, 0.2) is 0 Å². The summed E-state index contributed by atoms with van der Waals surface area (Å²) in [4.78, 5) is 28.5. The largest absolute Gasteiger partial charge is 0.497 e. The summed E-state index contributed by atoms with van der Waals surface area (Å²) in [5, 5.41) is 8.33. The standard InChI is InChI=1S/C23H22N4O3/c1-16-5-7-19(26-23(29)25-18-8-10-20(30-2)11-9-18)14-21(16)27-22(28)12-6-17-4-3-13-24-15-17/h3-15H,1-2H3,(H,27,28)(H2,25,26,29)/b12-6+. The minimum Gasteiger partial charge on any atom is -0.497 e. The number of nitrogens with zero attached hydrogens (tertiary/aromatic N) is 1. The predicted octanol–water partition coefficient (Wildman–Crippen LogP) is 4.69. The van der Waals surface area contributed by atoms with Crippen LogP contribution in [-0.2, 0) is 4.79 Å². The molecule has 0 saturated carbocycles. The number of anilines is 3. The van der Waals surface area contributed by atoms with E-state index in [1.165, 1.54) is 6.08 Å². The number of nitrogens with one attached hydrogen (secondary N) is 3. The molecule has 3 rings (SSSR count). The number of aromatic nitrogens is 1. The molecule has 152 valence electrons. The Morgan fingerprint density at radius 1 is 0.967 bits per heavy atom. The zero-order valence-electron chi connectivity index (χ0n) is 16.7. The van der Waals surface area contributed by atoms with Crippen LogP contribution in [0.2, 0.25) is 0 Å². The van der Waals surface area contributed by atoms with Crippen LogP contribution < -0.4 is 20.7 Å². The second kappa shape index (κ2) is 9.88. The molecule has 7 heteroatoms. The van der Waals surface area contributed by atoms with Crippen molar-refractivity contribution in [3.63, 3.8) is 0 Å². The van der Waals surface area contributed by atoms with Crippen molar-refractivity contribution in [2.75, 3.05) is 23.1 Å². The maximum atomic E-state index is 12.3. The molecule has 3 N–H and O–H groups in total. The van der Waals surface area contributed by atoms with Gasteiger partial charge in [-0.3, -0.25) is 9.78 Å². The molecule has 0 saturated heterocycles. The number of carbonyl (C=O) groups excluding carboxylic acids is 2. The Morgan fingerprint density at radius 2 is 1.70 bits per heavy atom. The highest BCUT2D eigenvalue weighted by Gasteiger charge is 2.07. The molecule has 0 spiro atoms. The van der Waals surface area contributed by atoms with Crippen molar-refractivity contribution in [1.29, 1.82) is 0 Å². The van der Waals surface area contributed by atoms with E-state index in [-0.39, 0.29) is 5.91 Å². The lowest BCUT2D eigenvalue weighted by Crippen LogP contribution is -2.19. The minimum absolute atomic E-state index is 0.276. The lowest BCUT2D eigenvalue weighted by atomic mass is 10.1. The monoisotopic (exact) mass is 402 g/mol. The van der Waals surface area contributed by atoms with Gasteiger partial charge in [-0.05, 0) is 66.6 Å². The minimum atomic E-state index is -0.391. The third-order valence-corrected chi connectivity index (χ3v) is 4.21. The molecular formula is C23H22N4O3. The number of pyridine rings is 1. The number of methoxy groups -OCH3 is 1. The van der Waals surface area contributed by atoms with E-state index in [0.717, 1.165) is 11.1 Å². The lowest BCUT2D eigenvalue weighted by Gasteiger charge is -2.12. The number of benzene rings is 2. The molecule has 0 aliphatic carbocycles. The van der Waals surface area contributed by atoms with Crippen molar-refractivity contribution in [2.24, 2.45) is 0 Å². The van der Waals surface area contributed by atoms with Gasteiger partial charge in [0.25, 0.3) is 0 Å². The Morgan fingerprint density at radius 3 is 2.40 bits per heavy atom. The Hall–Kier alpha value is -4.13. The maximum Gasteiger partial charge on any atom is 0.323 e. The second-order valence-corrected chi connectivity index (χ2v) is 6.45. The van der Waals surface area contributed by atoms with Crippen LogP contribution in [0.15, 0.2) is 73.1 Å². The van der Waals surface area contributed by atoms with Crippen LogP contribution in [0.3, 0.4) is 0 Å².